The number of fused-ring (bicyclic) bond motifs is 1. The molecule has 0 aliphatic rings. The first-order chi connectivity index (χ1) is 12.5. The van der Waals surface area contributed by atoms with Crippen molar-refractivity contribution < 1.29 is 0 Å². The fourth-order valence-electron chi connectivity index (χ4n) is 2.83. The van der Waals surface area contributed by atoms with Gasteiger partial charge in [-0.1, -0.05) is 44.9 Å². The van der Waals surface area contributed by atoms with Gasteiger partial charge in [0, 0.05) is 20.0 Å². The summed E-state index contributed by atoms with van der Waals surface area (Å²) in [6, 6.07) is 2.07. The van der Waals surface area contributed by atoms with Crippen molar-refractivity contribution in [3.63, 3.8) is 0 Å². The van der Waals surface area contributed by atoms with Gasteiger partial charge in [-0.05, 0) is 12.8 Å². The van der Waals surface area contributed by atoms with E-state index in [0.29, 0.717) is 34.8 Å². The normalized spacial score (nSPS) is 11.0. The molecule has 0 bridgehead atoms. The Morgan fingerprint density at radius 3 is 2.54 bits per heavy atom. The smallest absolute Gasteiger partial charge is 0.277 e. The lowest BCUT2D eigenvalue weighted by Gasteiger charge is -2.13. The molecule has 8 heteroatoms. The van der Waals surface area contributed by atoms with Gasteiger partial charge in [-0.15, -0.1) is 0 Å². The number of hydrogen-bond donors (Lipinski definition) is 0. The van der Waals surface area contributed by atoms with Crippen LogP contribution in [0.15, 0.2) is 14.6 Å². The van der Waals surface area contributed by atoms with E-state index in [-0.39, 0.29) is 11.4 Å². The first-order valence-corrected chi connectivity index (χ1v) is 10.0. The molecular formula is C18H25N5O2S. The molecule has 2 heterocycles. The molecule has 0 saturated heterocycles. The highest BCUT2D eigenvalue weighted by atomic mass is 32.2. The van der Waals surface area contributed by atoms with Crippen LogP contribution in [-0.2, 0) is 20.0 Å². The van der Waals surface area contributed by atoms with Crippen molar-refractivity contribution in [2.75, 3.05) is 5.75 Å². The third-order valence-electron chi connectivity index (χ3n) is 4.17. The Balaban J connectivity index is 2.65. The summed E-state index contributed by atoms with van der Waals surface area (Å²) < 4.78 is 2.64. The van der Waals surface area contributed by atoms with Crippen LogP contribution in [0.3, 0.4) is 0 Å². The van der Waals surface area contributed by atoms with Crippen LogP contribution in [0.1, 0.15) is 51.8 Å². The molecule has 2 aromatic heterocycles. The molecule has 2 rings (SSSR count). The zero-order chi connectivity index (χ0) is 19.1. The van der Waals surface area contributed by atoms with Gasteiger partial charge in [0.2, 0.25) is 0 Å². The van der Waals surface area contributed by atoms with E-state index < -0.39 is 5.56 Å². The van der Waals surface area contributed by atoms with Gasteiger partial charge < -0.3 is 0 Å². The molecule has 2 aromatic rings. The van der Waals surface area contributed by atoms with Crippen LogP contribution in [0.5, 0.6) is 0 Å². The Kier molecular flexibility index (Phi) is 7.39. The van der Waals surface area contributed by atoms with Gasteiger partial charge in [-0.3, -0.25) is 13.9 Å². The lowest BCUT2D eigenvalue weighted by Crippen LogP contribution is -2.39. The summed E-state index contributed by atoms with van der Waals surface area (Å²) in [6.07, 6.45) is 5.81. The third-order valence-corrected chi connectivity index (χ3v) is 5.01. The van der Waals surface area contributed by atoms with Crippen LogP contribution >= 0.6 is 11.8 Å². The average molecular weight is 375 g/mol. The fourth-order valence-corrected chi connectivity index (χ4v) is 3.53. The largest absolute Gasteiger partial charge is 0.332 e. The molecular weight excluding hydrogens is 350 g/mol. The molecule has 0 aromatic carbocycles. The highest BCUT2D eigenvalue weighted by Crippen LogP contribution is 2.22. The van der Waals surface area contributed by atoms with Crippen molar-refractivity contribution in [2.24, 2.45) is 7.05 Å². The molecule has 0 spiro atoms. The van der Waals surface area contributed by atoms with Crippen LogP contribution in [0.4, 0.5) is 0 Å². The van der Waals surface area contributed by atoms with E-state index in [0.717, 1.165) is 36.7 Å². The Hall–Kier alpha value is -2.14. The van der Waals surface area contributed by atoms with Crippen molar-refractivity contribution in [1.29, 1.82) is 5.26 Å². The Labute approximate surface area is 157 Å². The number of aryl methyl sites for hydroxylation is 2. The number of thioether (sulfide) groups is 1. The first kappa shape index (κ1) is 20.2. The van der Waals surface area contributed by atoms with Crippen LogP contribution in [0, 0.1) is 11.3 Å². The minimum absolute atomic E-state index is 0.192. The summed E-state index contributed by atoms with van der Waals surface area (Å²) in [5.74, 6) is 0.823. The van der Waals surface area contributed by atoms with E-state index in [2.05, 4.69) is 23.0 Å². The van der Waals surface area contributed by atoms with Crippen LogP contribution in [0.2, 0.25) is 0 Å². The summed E-state index contributed by atoms with van der Waals surface area (Å²) in [7, 11) is 1.47. The number of hydrogen-bond acceptors (Lipinski definition) is 6. The highest BCUT2D eigenvalue weighted by molar-refractivity contribution is 7.99. The van der Waals surface area contributed by atoms with E-state index in [1.165, 1.54) is 18.8 Å². The standard InChI is InChI=1S/C18H25N5O2S/c1-4-6-7-8-9-13-20-15-14(16(21-13)26-12-10-19)17(24)22(3)18(25)23(15)11-5-2/h4-9,11-12H2,1-3H3. The van der Waals surface area contributed by atoms with E-state index in [4.69, 9.17) is 5.26 Å². The molecule has 7 nitrogen and oxygen atoms in total. The predicted molar refractivity (Wildman–Crippen MR) is 104 cm³/mol. The highest BCUT2D eigenvalue weighted by Gasteiger charge is 2.18. The first-order valence-electron chi connectivity index (χ1n) is 9.05. The molecule has 0 fully saturated rings. The number of nitrogens with zero attached hydrogens (tertiary/aromatic N) is 5. The molecule has 0 N–H and O–H groups in total. The predicted octanol–water partition coefficient (Wildman–Crippen LogP) is 2.64. The second-order valence-corrected chi connectivity index (χ2v) is 7.16. The Bertz CT molecular complexity index is 926. The maximum absolute atomic E-state index is 12.7. The van der Waals surface area contributed by atoms with E-state index in [1.54, 1.807) is 4.57 Å². The Morgan fingerprint density at radius 2 is 1.88 bits per heavy atom. The molecule has 0 amide bonds. The Morgan fingerprint density at radius 1 is 1.12 bits per heavy atom. The number of aromatic nitrogens is 4. The van der Waals surface area contributed by atoms with E-state index in [1.807, 2.05) is 6.92 Å². The van der Waals surface area contributed by atoms with Crippen molar-refractivity contribution in [1.82, 2.24) is 19.1 Å². The monoisotopic (exact) mass is 375 g/mol. The average Bonchev–Trinajstić information content (AvgIpc) is 2.64. The zero-order valence-corrected chi connectivity index (χ0v) is 16.4. The lowest BCUT2D eigenvalue weighted by molar-refractivity contribution is 0.602. The second-order valence-electron chi connectivity index (χ2n) is 6.20. The van der Waals surface area contributed by atoms with Crippen molar-refractivity contribution in [3.8, 4) is 6.07 Å². The van der Waals surface area contributed by atoms with Crippen LogP contribution in [0.25, 0.3) is 11.0 Å². The maximum Gasteiger partial charge on any atom is 0.332 e. The fraction of sp³-hybridized carbons (Fsp3) is 0.611. The maximum atomic E-state index is 12.7. The van der Waals surface area contributed by atoms with Gasteiger partial charge >= 0.3 is 5.69 Å². The summed E-state index contributed by atoms with van der Waals surface area (Å²) in [4.78, 5) is 34.3. The van der Waals surface area contributed by atoms with E-state index in [9.17, 15) is 9.59 Å². The van der Waals surface area contributed by atoms with E-state index >= 15 is 0 Å². The van der Waals surface area contributed by atoms with Gasteiger partial charge in [-0.25, -0.2) is 14.8 Å². The van der Waals surface area contributed by atoms with Gasteiger partial charge in [-0.2, -0.15) is 5.26 Å². The quantitative estimate of drug-likeness (QED) is 0.380. The van der Waals surface area contributed by atoms with Gasteiger partial charge in [0.25, 0.3) is 5.56 Å². The lowest BCUT2D eigenvalue weighted by atomic mass is 10.1. The second kappa shape index (κ2) is 9.53. The summed E-state index contributed by atoms with van der Waals surface area (Å²) in [5.41, 5.74) is -0.382. The number of nitriles is 1. The molecule has 26 heavy (non-hydrogen) atoms. The third kappa shape index (κ3) is 4.33. The zero-order valence-electron chi connectivity index (χ0n) is 15.6. The minimum Gasteiger partial charge on any atom is -0.277 e. The van der Waals surface area contributed by atoms with Gasteiger partial charge in [0.05, 0.1) is 11.8 Å². The number of rotatable bonds is 9. The van der Waals surface area contributed by atoms with Gasteiger partial charge in [0.1, 0.15) is 16.2 Å². The molecule has 0 atom stereocenters. The molecule has 0 saturated carbocycles. The molecule has 0 aliphatic carbocycles. The topological polar surface area (TPSA) is 93.6 Å². The van der Waals surface area contributed by atoms with Crippen LogP contribution < -0.4 is 11.2 Å². The molecule has 140 valence electrons. The molecule has 0 unspecified atom stereocenters. The summed E-state index contributed by atoms with van der Waals surface area (Å²) in [5, 5.41) is 9.75. The summed E-state index contributed by atoms with van der Waals surface area (Å²) in [6.45, 7) is 4.61. The summed E-state index contributed by atoms with van der Waals surface area (Å²) >= 11 is 1.22. The van der Waals surface area contributed by atoms with Gasteiger partial charge in [0.15, 0.2) is 5.65 Å². The molecule has 0 aliphatic heterocycles. The van der Waals surface area contributed by atoms with Crippen molar-refractivity contribution in [2.45, 2.75) is 63.9 Å². The number of unbranched alkanes of at least 4 members (excludes halogenated alkanes) is 3. The minimum atomic E-state index is -0.407. The molecule has 0 radical (unpaired) electrons. The van der Waals surface area contributed by atoms with Crippen LogP contribution in [-0.4, -0.2) is 24.9 Å². The van der Waals surface area contributed by atoms with Crippen molar-refractivity contribution >= 4 is 22.8 Å². The van der Waals surface area contributed by atoms with Crippen molar-refractivity contribution in [3.05, 3.63) is 26.7 Å². The SMILES string of the molecule is CCCCCCc1nc(SCC#N)c2c(=O)n(C)c(=O)n(CCC)c2n1.